The van der Waals surface area contributed by atoms with Gasteiger partial charge in [-0.2, -0.15) is 0 Å². The fourth-order valence-corrected chi connectivity index (χ4v) is 5.05. The summed E-state index contributed by atoms with van der Waals surface area (Å²) < 4.78 is 7.70. The summed E-state index contributed by atoms with van der Waals surface area (Å²) in [5, 5.41) is 1.46. The van der Waals surface area contributed by atoms with Crippen molar-refractivity contribution >= 4 is 46.6 Å². The molecule has 5 aromatic rings. The molecule has 0 N–H and O–H groups in total. The number of methoxy groups -OCH3 is 1. The molecule has 6 rings (SSSR count). The van der Waals surface area contributed by atoms with Gasteiger partial charge in [0, 0.05) is 27.6 Å². The first-order valence-corrected chi connectivity index (χ1v) is 12.5. The second-order valence-corrected chi connectivity index (χ2v) is 9.93. The van der Waals surface area contributed by atoms with E-state index in [-0.39, 0.29) is 18.3 Å². The first-order valence-electron chi connectivity index (χ1n) is 11.8. The molecule has 0 aliphatic heterocycles. The standard InChI is InChI=1S/C30H24Cl2N2O.ClH/c1-35-26-15-13-25(14-16-26)34-28-18-22(8-17-27(28)33-30(34)21-2-3-21)29(19-4-9-23(31)10-5-19)20-6-11-24(32)12-7-20;/h4-18,21,29H,2-3H2,1H3;1H. The maximum absolute atomic E-state index is 6.22. The molecule has 0 radical (unpaired) electrons. The van der Waals surface area contributed by atoms with Gasteiger partial charge >= 0.3 is 0 Å². The number of hydrogen-bond donors (Lipinski definition) is 0. The van der Waals surface area contributed by atoms with Gasteiger partial charge in [0.2, 0.25) is 0 Å². The smallest absolute Gasteiger partial charge is 0.119 e. The average Bonchev–Trinajstić information content (AvgIpc) is 3.67. The summed E-state index contributed by atoms with van der Waals surface area (Å²) >= 11 is 12.4. The zero-order valence-corrected chi connectivity index (χ0v) is 22.0. The van der Waals surface area contributed by atoms with Crippen molar-refractivity contribution in [1.82, 2.24) is 9.55 Å². The molecule has 1 saturated carbocycles. The number of aromatic nitrogens is 2. The summed E-state index contributed by atoms with van der Waals surface area (Å²) in [4.78, 5) is 5.06. The van der Waals surface area contributed by atoms with Crippen LogP contribution in [0.1, 0.15) is 47.2 Å². The van der Waals surface area contributed by atoms with E-state index in [1.54, 1.807) is 7.11 Å². The van der Waals surface area contributed by atoms with E-state index >= 15 is 0 Å². The molecular formula is C30H25Cl3N2O. The minimum atomic E-state index is 0. The molecule has 0 unspecified atom stereocenters. The fraction of sp³-hybridized carbons (Fsp3) is 0.167. The Kier molecular flexibility index (Phi) is 6.98. The summed E-state index contributed by atoms with van der Waals surface area (Å²) in [6.45, 7) is 0. The highest BCUT2D eigenvalue weighted by Crippen LogP contribution is 2.43. The third-order valence-corrected chi connectivity index (χ3v) is 7.22. The Morgan fingerprint density at radius 2 is 1.33 bits per heavy atom. The van der Waals surface area contributed by atoms with Gasteiger partial charge in [0.15, 0.2) is 0 Å². The van der Waals surface area contributed by atoms with E-state index in [1.165, 1.54) is 29.5 Å². The Morgan fingerprint density at radius 1 is 0.778 bits per heavy atom. The normalized spacial score (nSPS) is 13.1. The Labute approximate surface area is 227 Å². The molecule has 1 fully saturated rings. The highest BCUT2D eigenvalue weighted by molar-refractivity contribution is 6.30. The first-order chi connectivity index (χ1) is 17.1. The second-order valence-electron chi connectivity index (χ2n) is 9.06. The molecule has 1 aromatic heterocycles. The van der Waals surface area contributed by atoms with Crippen molar-refractivity contribution in [3.05, 3.63) is 124 Å². The number of hydrogen-bond acceptors (Lipinski definition) is 2. The zero-order valence-electron chi connectivity index (χ0n) is 19.7. The molecule has 4 aromatic carbocycles. The van der Waals surface area contributed by atoms with Crippen LogP contribution in [0.25, 0.3) is 16.7 Å². The van der Waals surface area contributed by atoms with Crippen molar-refractivity contribution in [1.29, 1.82) is 0 Å². The van der Waals surface area contributed by atoms with Gasteiger partial charge in [-0.1, -0.05) is 53.5 Å². The average molecular weight is 536 g/mol. The molecule has 0 spiro atoms. The SMILES string of the molecule is COc1ccc(-n2c(C3CC3)nc3ccc(C(c4ccc(Cl)cc4)c4ccc(Cl)cc4)cc32)cc1.Cl. The van der Waals surface area contributed by atoms with Crippen LogP contribution >= 0.6 is 35.6 Å². The molecule has 182 valence electrons. The van der Waals surface area contributed by atoms with Crippen LogP contribution in [-0.2, 0) is 0 Å². The monoisotopic (exact) mass is 534 g/mol. The predicted octanol–water partition coefficient (Wildman–Crippen LogP) is 8.82. The van der Waals surface area contributed by atoms with E-state index in [4.69, 9.17) is 32.9 Å². The van der Waals surface area contributed by atoms with Crippen molar-refractivity contribution in [3.63, 3.8) is 0 Å². The lowest BCUT2D eigenvalue weighted by atomic mass is 9.85. The molecule has 1 aliphatic rings. The van der Waals surface area contributed by atoms with Gasteiger partial charge in [0.25, 0.3) is 0 Å². The first kappa shape index (κ1) is 24.7. The lowest BCUT2D eigenvalue weighted by molar-refractivity contribution is 0.414. The summed E-state index contributed by atoms with van der Waals surface area (Å²) in [5.74, 6) is 2.53. The van der Waals surface area contributed by atoms with Gasteiger partial charge in [-0.3, -0.25) is 4.57 Å². The van der Waals surface area contributed by atoms with Gasteiger partial charge in [-0.25, -0.2) is 4.98 Å². The van der Waals surface area contributed by atoms with Crippen molar-refractivity contribution < 1.29 is 4.74 Å². The van der Waals surface area contributed by atoms with Crippen LogP contribution in [0.3, 0.4) is 0 Å². The van der Waals surface area contributed by atoms with Crippen molar-refractivity contribution in [2.45, 2.75) is 24.7 Å². The topological polar surface area (TPSA) is 27.1 Å². The second kappa shape index (κ2) is 10.2. The summed E-state index contributed by atoms with van der Waals surface area (Å²) in [5.41, 5.74) is 6.77. The summed E-state index contributed by atoms with van der Waals surface area (Å²) in [6.07, 6.45) is 2.37. The lowest BCUT2D eigenvalue weighted by Gasteiger charge is -2.20. The molecule has 0 saturated heterocycles. The number of imidazole rings is 1. The maximum atomic E-state index is 6.22. The molecular weight excluding hydrogens is 511 g/mol. The van der Waals surface area contributed by atoms with Gasteiger partial charge in [0.1, 0.15) is 11.6 Å². The van der Waals surface area contributed by atoms with Gasteiger partial charge < -0.3 is 4.74 Å². The predicted molar refractivity (Wildman–Crippen MR) is 151 cm³/mol. The Balaban J connectivity index is 0.00000267. The van der Waals surface area contributed by atoms with E-state index in [0.717, 1.165) is 38.3 Å². The van der Waals surface area contributed by atoms with E-state index in [1.807, 2.05) is 36.4 Å². The van der Waals surface area contributed by atoms with Crippen LogP contribution in [0.2, 0.25) is 10.0 Å². The minimum Gasteiger partial charge on any atom is -0.497 e. The van der Waals surface area contributed by atoms with Crippen molar-refractivity contribution in [2.24, 2.45) is 0 Å². The Morgan fingerprint density at radius 3 is 1.86 bits per heavy atom. The molecule has 36 heavy (non-hydrogen) atoms. The quantitative estimate of drug-likeness (QED) is 0.203. The molecule has 0 atom stereocenters. The largest absolute Gasteiger partial charge is 0.497 e. The zero-order chi connectivity index (χ0) is 23.9. The molecule has 3 nitrogen and oxygen atoms in total. The summed E-state index contributed by atoms with van der Waals surface area (Å²) in [6, 6.07) is 31.0. The van der Waals surface area contributed by atoms with Crippen LogP contribution in [0.15, 0.2) is 91.0 Å². The third-order valence-electron chi connectivity index (χ3n) is 6.72. The third kappa shape index (κ3) is 4.71. The number of rotatable bonds is 6. The number of halogens is 3. The van der Waals surface area contributed by atoms with E-state index in [9.17, 15) is 0 Å². The van der Waals surface area contributed by atoms with Gasteiger partial charge in [-0.05, 0) is 90.2 Å². The van der Waals surface area contributed by atoms with E-state index in [0.29, 0.717) is 5.92 Å². The van der Waals surface area contributed by atoms with Crippen molar-refractivity contribution in [3.8, 4) is 11.4 Å². The Hall–Kier alpha value is -2.98. The highest BCUT2D eigenvalue weighted by Gasteiger charge is 2.30. The molecule has 0 amide bonds. The van der Waals surface area contributed by atoms with Crippen LogP contribution in [0.4, 0.5) is 0 Å². The van der Waals surface area contributed by atoms with Crippen LogP contribution in [0, 0.1) is 0 Å². The van der Waals surface area contributed by atoms with Crippen LogP contribution in [0.5, 0.6) is 5.75 Å². The van der Waals surface area contributed by atoms with Gasteiger partial charge in [-0.15, -0.1) is 12.4 Å². The number of ether oxygens (including phenoxy) is 1. The lowest BCUT2D eigenvalue weighted by Crippen LogP contribution is -2.04. The van der Waals surface area contributed by atoms with Gasteiger partial charge in [0.05, 0.1) is 18.1 Å². The maximum Gasteiger partial charge on any atom is 0.119 e. The molecule has 6 heteroatoms. The fourth-order valence-electron chi connectivity index (χ4n) is 4.80. The highest BCUT2D eigenvalue weighted by atomic mass is 35.5. The molecule has 1 heterocycles. The minimum absolute atomic E-state index is 0. The Bertz CT molecular complexity index is 1440. The number of fused-ring (bicyclic) bond motifs is 1. The van der Waals surface area contributed by atoms with E-state index < -0.39 is 0 Å². The van der Waals surface area contributed by atoms with Crippen molar-refractivity contribution in [2.75, 3.05) is 7.11 Å². The van der Waals surface area contributed by atoms with E-state index in [2.05, 4.69) is 59.2 Å². The number of nitrogens with zero attached hydrogens (tertiary/aromatic N) is 2. The molecule has 1 aliphatic carbocycles. The number of benzene rings is 4. The van der Waals surface area contributed by atoms with Crippen LogP contribution in [-0.4, -0.2) is 16.7 Å². The molecule has 0 bridgehead atoms. The summed E-state index contributed by atoms with van der Waals surface area (Å²) in [7, 11) is 1.69. The van der Waals surface area contributed by atoms with Crippen LogP contribution < -0.4 is 4.74 Å².